The quantitative estimate of drug-likeness (QED) is 0.706. The van der Waals surface area contributed by atoms with E-state index in [4.69, 9.17) is 4.74 Å². The highest BCUT2D eigenvalue weighted by molar-refractivity contribution is 7.89. The van der Waals surface area contributed by atoms with Gasteiger partial charge in [-0.05, 0) is 31.2 Å². The number of sulfonamides is 2. The predicted molar refractivity (Wildman–Crippen MR) is 88.2 cm³/mol. The molecule has 0 saturated carbocycles. The normalized spacial score (nSPS) is 14.1. The van der Waals surface area contributed by atoms with E-state index in [0.717, 1.165) is 0 Å². The minimum atomic E-state index is -3.71. The predicted octanol–water partition coefficient (Wildman–Crippen LogP) is 1.03. The van der Waals surface area contributed by atoms with Crippen molar-refractivity contribution in [3.8, 4) is 0 Å². The largest absolute Gasteiger partial charge is 0.383 e. The highest BCUT2D eigenvalue weighted by Crippen LogP contribution is 2.18. The third-order valence-corrected chi connectivity index (χ3v) is 6.92. The molecule has 0 aromatic heterocycles. The van der Waals surface area contributed by atoms with E-state index < -0.39 is 20.0 Å². The second-order valence-corrected chi connectivity index (χ2v) is 8.69. The first-order valence-corrected chi connectivity index (χ1v) is 10.2. The van der Waals surface area contributed by atoms with Gasteiger partial charge in [-0.2, -0.15) is 4.31 Å². The van der Waals surface area contributed by atoms with Crippen LogP contribution in [0.15, 0.2) is 34.1 Å². The summed E-state index contributed by atoms with van der Waals surface area (Å²) in [7, 11) is -5.83. The average Bonchev–Trinajstić information content (AvgIpc) is 2.48. The number of methoxy groups -OCH3 is 1. The van der Waals surface area contributed by atoms with E-state index in [9.17, 15) is 16.8 Å². The van der Waals surface area contributed by atoms with Gasteiger partial charge in [-0.1, -0.05) is 13.8 Å². The van der Waals surface area contributed by atoms with Crippen LogP contribution in [-0.4, -0.2) is 54.0 Å². The van der Waals surface area contributed by atoms with Crippen LogP contribution in [0.2, 0.25) is 0 Å². The summed E-state index contributed by atoms with van der Waals surface area (Å²) in [4.78, 5) is 0.0871. The standard InChI is InChI=1S/C14H24N2O5S2/c1-5-16(6-2)23(19,20)14-9-7-13(8-10-14)22(17,18)15-12(3)11-21-4/h7-10,12,15H,5-6,11H2,1-4H3/t12-/m1/s1. The number of nitrogens with one attached hydrogen (secondary N) is 1. The van der Waals surface area contributed by atoms with Gasteiger partial charge in [0.15, 0.2) is 0 Å². The molecule has 0 spiro atoms. The molecule has 1 atom stereocenters. The number of nitrogens with zero attached hydrogens (tertiary/aromatic N) is 1. The number of rotatable bonds is 9. The van der Waals surface area contributed by atoms with Gasteiger partial charge < -0.3 is 4.74 Å². The van der Waals surface area contributed by atoms with Crippen LogP contribution in [0.3, 0.4) is 0 Å². The molecule has 0 aliphatic carbocycles. The zero-order valence-corrected chi connectivity index (χ0v) is 15.4. The monoisotopic (exact) mass is 364 g/mol. The molecule has 1 aromatic rings. The maximum atomic E-state index is 12.4. The fraction of sp³-hybridized carbons (Fsp3) is 0.571. The topological polar surface area (TPSA) is 92.8 Å². The molecule has 23 heavy (non-hydrogen) atoms. The van der Waals surface area contributed by atoms with Crippen LogP contribution in [0.1, 0.15) is 20.8 Å². The smallest absolute Gasteiger partial charge is 0.243 e. The van der Waals surface area contributed by atoms with E-state index in [1.54, 1.807) is 20.8 Å². The van der Waals surface area contributed by atoms with Crippen molar-refractivity contribution in [3.63, 3.8) is 0 Å². The molecule has 0 aliphatic heterocycles. The van der Waals surface area contributed by atoms with Crippen molar-refractivity contribution in [2.45, 2.75) is 36.6 Å². The van der Waals surface area contributed by atoms with Crippen molar-refractivity contribution in [2.24, 2.45) is 0 Å². The molecule has 0 aliphatic rings. The molecule has 1 aromatic carbocycles. The van der Waals surface area contributed by atoms with Gasteiger partial charge in [-0.15, -0.1) is 0 Å². The Balaban J connectivity index is 3.05. The Bertz CT molecular complexity index is 695. The fourth-order valence-electron chi connectivity index (χ4n) is 2.12. The van der Waals surface area contributed by atoms with Gasteiger partial charge in [0, 0.05) is 26.2 Å². The highest BCUT2D eigenvalue weighted by atomic mass is 32.2. The van der Waals surface area contributed by atoms with Crippen LogP contribution in [-0.2, 0) is 24.8 Å². The Labute approximate surface area is 138 Å². The molecule has 0 saturated heterocycles. The summed E-state index contributed by atoms with van der Waals surface area (Å²) in [5.74, 6) is 0. The molecule has 0 heterocycles. The third kappa shape index (κ3) is 4.98. The lowest BCUT2D eigenvalue weighted by Crippen LogP contribution is -2.35. The van der Waals surface area contributed by atoms with E-state index in [2.05, 4.69) is 4.72 Å². The van der Waals surface area contributed by atoms with Crippen LogP contribution < -0.4 is 4.72 Å². The minimum absolute atomic E-state index is 0.0129. The number of hydrogen-bond acceptors (Lipinski definition) is 5. The minimum Gasteiger partial charge on any atom is -0.383 e. The maximum absolute atomic E-state index is 12.4. The lowest BCUT2D eigenvalue weighted by Gasteiger charge is -2.18. The Morgan fingerprint density at radius 1 is 1.04 bits per heavy atom. The SMILES string of the molecule is CCN(CC)S(=O)(=O)c1ccc(S(=O)(=O)N[C@H](C)COC)cc1. The Morgan fingerprint density at radius 3 is 1.96 bits per heavy atom. The summed E-state index contributed by atoms with van der Waals surface area (Å²) in [6.45, 7) is 6.14. The second kappa shape index (κ2) is 8.20. The number of ether oxygens (including phenoxy) is 1. The van der Waals surface area contributed by atoms with Gasteiger partial charge in [0.25, 0.3) is 0 Å². The van der Waals surface area contributed by atoms with Gasteiger partial charge in [0.2, 0.25) is 20.0 Å². The average molecular weight is 364 g/mol. The Hall–Kier alpha value is -1.00. The van der Waals surface area contributed by atoms with Crippen LogP contribution in [0.5, 0.6) is 0 Å². The molecule has 9 heteroatoms. The van der Waals surface area contributed by atoms with Crippen LogP contribution in [0.25, 0.3) is 0 Å². The lowest BCUT2D eigenvalue weighted by molar-refractivity contribution is 0.180. The zero-order chi connectivity index (χ0) is 17.7. The van der Waals surface area contributed by atoms with Crippen molar-refractivity contribution in [1.82, 2.24) is 9.03 Å². The molecule has 0 unspecified atom stereocenters. The molecular weight excluding hydrogens is 340 g/mol. The molecule has 0 fully saturated rings. The zero-order valence-electron chi connectivity index (χ0n) is 13.8. The van der Waals surface area contributed by atoms with Crippen molar-refractivity contribution in [1.29, 1.82) is 0 Å². The summed E-state index contributed by atoms with van der Waals surface area (Å²) in [5.41, 5.74) is 0. The van der Waals surface area contributed by atoms with E-state index >= 15 is 0 Å². The van der Waals surface area contributed by atoms with Crippen LogP contribution in [0.4, 0.5) is 0 Å². The summed E-state index contributed by atoms with van der Waals surface area (Å²) in [6.07, 6.45) is 0. The first-order chi connectivity index (χ1) is 10.7. The molecule has 1 N–H and O–H groups in total. The maximum Gasteiger partial charge on any atom is 0.243 e. The van der Waals surface area contributed by atoms with E-state index in [0.29, 0.717) is 13.1 Å². The summed E-state index contributed by atoms with van der Waals surface area (Å²) in [5, 5.41) is 0. The van der Waals surface area contributed by atoms with Crippen molar-refractivity contribution < 1.29 is 21.6 Å². The second-order valence-electron chi connectivity index (χ2n) is 5.04. The van der Waals surface area contributed by atoms with Crippen molar-refractivity contribution in [2.75, 3.05) is 26.8 Å². The van der Waals surface area contributed by atoms with E-state index in [1.165, 1.54) is 35.7 Å². The Morgan fingerprint density at radius 2 is 1.52 bits per heavy atom. The summed E-state index contributed by atoms with van der Waals surface area (Å²) >= 11 is 0. The lowest BCUT2D eigenvalue weighted by atomic mass is 10.4. The molecule has 1 rings (SSSR count). The van der Waals surface area contributed by atoms with E-state index in [1.807, 2.05) is 0 Å². The Kier molecular flexibility index (Phi) is 7.15. The third-order valence-electron chi connectivity index (χ3n) is 3.25. The fourth-order valence-corrected chi connectivity index (χ4v) is 4.81. The van der Waals surface area contributed by atoms with Crippen molar-refractivity contribution >= 4 is 20.0 Å². The molecule has 132 valence electrons. The highest BCUT2D eigenvalue weighted by Gasteiger charge is 2.23. The van der Waals surface area contributed by atoms with Crippen molar-refractivity contribution in [3.05, 3.63) is 24.3 Å². The summed E-state index contributed by atoms with van der Waals surface area (Å²) in [6, 6.07) is 4.81. The number of hydrogen-bond donors (Lipinski definition) is 1. The molecule has 7 nitrogen and oxygen atoms in total. The molecule has 0 bridgehead atoms. The van der Waals surface area contributed by atoms with E-state index in [-0.39, 0.29) is 22.4 Å². The van der Waals surface area contributed by atoms with Crippen LogP contribution in [0, 0.1) is 0 Å². The molecular formula is C14H24N2O5S2. The molecule has 0 amide bonds. The van der Waals surface area contributed by atoms with Gasteiger partial charge in [-0.3, -0.25) is 0 Å². The summed E-state index contributed by atoms with van der Waals surface area (Å²) < 4.78 is 57.8. The van der Waals surface area contributed by atoms with Gasteiger partial charge in [0.05, 0.1) is 16.4 Å². The number of benzene rings is 1. The first-order valence-electron chi connectivity index (χ1n) is 7.30. The van der Waals surface area contributed by atoms with Gasteiger partial charge in [-0.25, -0.2) is 21.6 Å². The first kappa shape index (κ1) is 20.0. The molecule has 0 radical (unpaired) electrons. The van der Waals surface area contributed by atoms with Gasteiger partial charge >= 0.3 is 0 Å². The van der Waals surface area contributed by atoms with Crippen LogP contribution >= 0.6 is 0 Å². The van der Waals surface area contributed by atoms with Gasteiger partial charge in [0.1, 0.15) is 0 Å².